The van der Waals surface area contributed by atoms with Gasteiger partial charge in [-0.1, -0.05) is 20.8 Å². The van der Waals surface area contributed by atoms with Crippen molar-refractivity contribution in [3.8, 4) is 0 Å². The molecule has 1 amide bonds. The number of amides is 1. The van der Waals surface area contributed by atoms with E-state index in [0.717, 1.165) is 22.3 Å². The fourth-order valence-electron chi connectivity index (χ4n) is 1.91. The fourth-order valence-corrected chi connectivity index (χ4v) is 4.36. The summed E-state index contributed by atoms with van der Waals surface area (Å²) in [5.74, 6) is -1.31. The molecule has 0 aliphatic rings. The molecule has 0 aromatic carbocycles. The van der Waals surface area contributed by atoms with E-state index in [0.29, 0.717) is 11.4 Å². The van der Waals surface area contributed by atoms with Crippen LogP contribution in [0.3, 0.4) is 0 Å². The lowest BCUT2D eigenvalue weighted by molar-refractivity contribution is -0.128. The second kappa shape index (κ2) is 8.52. The number of carbonyl (C=O) groups excluding carboxylic acids is 3. The summed E-state index contributed by atoms with van der Waals surface area (Å²) in [7, 11) is -3.89. The van der Waals surface area contributed by atoms with Crippen LogP contribution in [0.1, 0.15) is 45.7 Å². The number of esters is 1. The average molecular weight is 445 g/mol. The van der Waals surface area contributed by atoms with Crippen LogP contribution in [-0.4, -0.2) is 32.7 Å². The SMILES string of the molecule is CC(C)(C)C(=O)NCc1ccc(C(=O)COC(=O)c2csc(S(N)(=O)=O)c2)s1. The van der Waals surface area contributed by atoms with Crippen LogP contribution in [0.15, 0.2) is 27.8 Å². The summed E-state index contributed by atoms with van der Waals surface area (Å²) in [6, 6.07) is 4.43. The summed E-state index contributed by atoms with van der Waals surface area (Å²) in [6.45, 7) is 5.24. The maximum atomic E-state index is 12.2. The van der Waals surface area contributed by atoms with E-state index in [1.54, 1.807) is 32.9 Å². The number of ether oxygens (including phenoxy) is 1. The molecule has 2 aromatic heterocycles. The lowest BCUT2D eigenvalue weighted by Crippen LogP contribution is -2.34. The Morgan fingerprint density at radius 2 is 1.89 bits per heavy atom. The average Bonchev–Trinajstić information content (AvgIpc) is 3.25. The zero-order valence-corrected chi connectivity index (χ0v) is 17.9. The highest BCUT2D eigenvalue weighted by Gasteiger charge is 2.21. The van der Waals surface area contributed by atoms with Crippen molar-refractivity contribution in [1.29, 1.82) is 0 Å². The highest BCUT2D eigenvalue weighted by Crippen LogP contribution is 2.21. The lowest BCUT2D eigenvalue weighted by atomic mass is 9.96. The third-order valence-electron chi connectivity index (χ3n) is 3.47. The molecule has 0 saturated carbocycles. The van der Waals surface area contributed by atoms with Gasteiger partial charge < -0.3 is 10.1 Å². The number of nitrogens with two attached hydrogens (primary N) is 1. The number of hydrogen-bond acceptors (Lipinski definition) is 8. The highest BCUT2D eigenvalue weighted by atomic mass is 32.2. The fraction of sp³-hybridized carbons (Fsp3) is 0.353. The molecule has 2 aromatic rings. The Bertz CT molecular complexity index is 998. The molecule has 0 spiro atoms. The Balaban J connectivity index is 1.90. The number of hydrogen-bond donors (Lipinski definition) is 2. The maximum Gasteiger partial charge on any atom is 0.339 e. The smallest absolute Gasteiger partial charge is 0.339 e. The number of nitrogens with one attached hydrogen (secondary N) is 1. The van der Waals surface area contributed by atoms with Crippen molar-refractivity contribution in [2.75, 3.05) is 6.61 Å². The molecule has 2 heterocycles. The Morgan fingerprint density at radius 3 is 2.46 bits per heavy atom. The standard InChI is InChI=1S/C17H20N2O6S3/c1-17(2,3)16(22)19-7-11-4-5-13(27-11)12(20)8-25-15(21)10-6-14(26-9-10)28(18,23)24/h4-6,9H,7-8H2,1-3H3,(H,19,22)(H2,18,23,24). The van der Waals surface area contributed by atoms with Crippen molar-refractivity contribution in [3.05, 3.63) is 38.9 Å². The maximum absolute atomic E-state index is 12.2. The molecule has 0 radical (unpaired) electrons. The summed E-state index contributed by atoms with van der Waals surface area (Å²) >= 11 is 2.00. The minimum absolute atomic E-state index is 0.0126. The number of carbonyl (C=O) groups is 3. The van der Waals surface area contributed by atoms with E-state index >= 15 is 0 Å². The van der Waals surface area contributed by atoms with E-state index in [2.05, 4.69) is 5.32 Å². The Hall–Kier alpha value is -2.08. The van der Waals surface area contributed by atoms with Gasteiger partial charge in [0.05, 0.1) is 17.0 Å². The first-order chi connectivity index (χ1) is 12.9. The Morgan fingerprint density at radius 1 is 1.21 bits per heavy atom. The Kier molecular flexibility index (Phi) is 6.75. The summed E-state index contributed by atoms with van der Waals surface area (Å²) in [6.07, 6.45) is 0. The molecule has 0 saturated heterocycles. The molecule has 0 fully saturated rings. The molecular formula is C17H20N2O6S3. The van der Waals surface area contributed by atoms with Crippen molar-refractivity contribution in [1.82, 2.24) is 5.32 Å². The van der Waals surface area contributed by atoms with Crippen LogP contribution >= 0.6 is 22.7 Å². The van der Waals surface area contributed by atoms with E-state index in [4.69, 9.17) is 9.88 Å². The van der Waals surface area contributed by atoms with Crippen molar-refractivity contribution < 1.29 is 27.5 Å². The van der Waals surface area contributed by atoms with E-state index in [9.17, 15) is 22.8 Å². The molecule has 8 nitrogen and oxygen atoms in total. The summed E-state index contributed by atoms with van der Waals surface area (Å²) in [4.78, 5) is 37.2. The van der Waals surface area contributed by atoms with Gasteiger partial charge in [-0.05, 0) is 18.2 Å². The Labute approximate surface area is 170 Å². The molecular weight excluding hydrogens is 424 g/mol. The molecule has 11 heteroatoms. The minimum Gasteiger partial charge on any atom is -0.454 e. The first kappa shape index (κ1) is 22.2. The molecule has 2 rings (SSSR count). The van der Waals surface area contributed by atoms with Gasteiger partial charge in [0.15, 0.2) is 6.61 Å². The van der Waals surface area contributed by atoms with Gasteiger partial charge >= 0.3 is 5.97 Å². The van der Waals surface area contributed by atoms with E-state index in [1.165, 1.54) is 16.7 Å². The van der Waals surface area contributed by atoms with Crippen molar-refractivity contribution in [2.45, 2.75) is 31.5 Å². The first-order valence-corrected chi connectivity index (χ1v) is 11.3. The normalized spacial score (nSPS) is 11.9. The first-order valence-electron chi connectivity index (χ1n) is 8.06. The summed E-state index contributed by atoms with van der Waals surface area (Å²) in [5.41, 5.74) is -0.493. The van der Waals surface area contributed by atoms with Gasteiger partial charge in [-0.2, -0.15) is 0 Å². The molecule has 0 atom stereocenters. The largest absolute Gasteiger partial charge is 0.454 e. The predicted molar refractivity (Wildman–Crippen MR) is 106 cm³/mol. The number of primary sulfonamides is 1. The minimum atomic E-state index is -3.89. The predicted octanol–water partition coefficient (Wildman–Crippen LogP) is 2.16. The lowest BCUT2D eigenvalue weighted by Gasteiger charge is -2.17. The third kappa shape index (κ3) is 5.96. The molecule has 0 unspecified atom stereocenters. The van der Waals surface area contributed by atoms with Crippen molar-refractivity contribution >= 4 is 50.4 Å². The van der Waals surface area contributed by atoms with Gasteiger partial charge in [-0.3, -0.25) is 9.59 Å². The van der Waals surface area contributed by atoms with Gasteiger partial charge in [-0.15, -0.1) is 22.7 Å². The van der Waals surface area contributed by atoms with Crippen molar-refractivity contribution in [2.24, 2.45) is 10.6 Å². The highest BCUT2D eigenvalue weighted by molar-refractivity contribution is 7.91. The van der Waals surface area contributed by atoms with E-state index in [-0.39, 0.29) is 15.7 Å². The van der Waals surface area contributed by atoms with E-state index < -0.39 is 33.8 Å². The molecule has 152 valence electrons. The van der Waals surface area contributed by atoms with Crippen LogP contribution in [0.2, 0.25) is 0 Å². The zero-order chi connectivity index (χ0) is 21.1. The molecule has 0 aliphatic carbocycles. The number of Topliss-reactive ketones (excluding diaryl/α,β-unsaturated/α-hetero) is 1. The second-order valence-corrected chi connectivity index (χ2v) is 10.8. The quantitative estimate of drug-likeness (QED) is 0.497. The molecule has 3 N–H and O–H groups in total. The van der Waals surface area contributed by atoms with Crippen LogP contribution in [0.4, 0.5) is 0 Å². The van der Waals surface area contributed by atoms with Crippen LogP contribution in [0.5, 0.6) is 0 Å². The van der Waals surface area contributed by atoms with Gasteiger partial charge in [-0.25, -0.2) is 18.4 Å². The van der Waals surface area contributed by atoms with Gasteiger partial charge in [0.25, 0.3) is 0 Å². The van der Waals surface area contributed by atoms with Crippen LogP contribution in [-0.2, 0) is 26.1 Å². The number of rotatable bonds is 7. The second-order valence-electron chi connectivity index (χ2n) is 6.90. The van der Waals surface area contributed by atoms with Crippen molar-refractivity contribution in [3.63, 3.8) is 0 Å². The monoisotopic (exact) mass is 444 g/mol. The molecule has 28 heavy (non-hydrogen) atoms. The number of thiophene rings is 2. The van der Waals surface area contributed by atoms with Gasteiger partial charge in [0.2, 0.25) is 21.7 Å². The zero-order valence-electron chi connectivity index (χ0n) is 15.5. The number of sulfonamides is 1. The van der Waals surface area contributed by atoms with Gasteiger partial charge in [0.1, 0.15) is 4.21 Å². The van der Waals surface area contributed by atoms with Gasteiger partial charge in [0, 0.05) is 15.7 Å². The number of ketones is 1. The summed E-state index contributed by atoms with van der Waals surface area (Å²) in [5, 5.41) is 9.08. The summed E-state index contributed by atoms with van der Waals surface area (Å²) < 4.78 is 27.2. The molecule has 0 bridgehead atoms. The van der Waals surface area contributed by atoms with E-state index in [1.807, 2.05) is 0 Å². The third-order valence-corrected chi connectivity index (χ3v) is 6.98. The van der Waals surface area contributed by atoms with Crippen LogP contribution in [0.25, 0.3) is 0 Å². The van der Waals surface area contributed by atoms with Crippen LogP contribution in [0, 0.1) is 5.41 Å². The topological polar surface area (TPSA) is 133 Å². The van der Waals surface area contributed by atoms with Crippen LogP contribution < -0.4 is 10.5 Å². The molecule has 0 aliphatic heterocycles.